The maximum Gasteiger partial charge on any atom is 0.221 e. The van der Waals surface area contributed by atoms with Crippen LogP contribution in [0.25, 0.3) is 0 Å². The van der Waals surface area contributed by atoms with Crippen LogP contribution in [-0.4, -0.2) is 16.7 Å². The number of hydrogen-bond donors (Lipinski definition) is 0. The van der Waals surface area contributed by atoms with Gasteiger partial charge in [-0.15, -0.1) is 0 Å². The van der Waals surface area contributed by atoms with E-state index in [2.05, 4.69) is 0 Å². The summed E-state index contributed by atoms with van der Waals surface area (Å²) >= 11 is 0. The highest BCUT2D eigenvalue weighted by Gasteiger charge is 2.41. The van der Waals surface area contributed by atoms with Gasteiger partial charge in [0, 0.05) is 23.7 Å². The maximum atomic E-state index is 12.8. The molecule has 0 radical (unpaired) electrons. The fourth-order valence-corrected chi connectivity index (χ4v) is 2.49. The largest absolute Gasteiger partial charge is 0.299 e. The van der Waals surface area contributed by atoms with Crippen LogP contribution in [0.2, 0.25) is 0 Å². The van der Waals surface area contributed by atoms with E-state index < -0.39 is 12.0 Å². The van der Waals surface area contributed by atoms with Gasteiger partial charge in [0.25, 0.3) is 0 Å². The second-order valence-electron chi connectivity index (χ2n) is 4.82. The molecule has 1 aromatic carbocycles. The Balaban J connectivity index is 2.30. The van der Waals surface area contributed by atoms with Gasteiger partial charge in [0.1, 0.15) is 11.6 Å². The average Bonchev–Trinajstić information content (AvgIpc) is 2.33. The van der Waals surface area contributed by atoms with Gasteiger partial charge in [0.15, 0.2) is 0 Å². The van der Waals surface area contributed by atoms with Gasteiger partial charge in [-0.05, 0) is 17.7 Å². The Morgan fingerprint density at radius 3 is 2.50 bits per heavy atom. The normalized spacial score (nSPS) is 28.1. The predicted molar refractivity (Wildman–Crippen MR) is 63.3 cm³/mol. The number of hydrogen-bond acceptors (Lipinski definition) is 3. The van der Waals surface area contributed by atoms with Crippen molar-refractivity contribution in [3.05, 3.63) is 45.8 Å². The highest BCUT2D eigenvalue weighted by molar-refractivity contribution is 5.82. The van der Waals surface area contributed by atoms with Gasteiger partial charge in [-0.25, -0.2) is 4.39 Å². The summed E-state index contributed by atoms with van der Waals surface area (Å²) in [6.45, 7) is 1.72. The first kappa shape index (κ1) is 12.7. The van der Waals surface area contributed by atoms with E-state index in [0.717, 1.165) is 0 Å². The second kappa shape index (κ2) is 4.84. The Labute approximate surface area is 104 Å². The number of carbonyl (C=O) groups excluding carboxylic acids is 1. The van der Waals surface area contributed by atoms with Crippen molar-refractivity contribution in [1.82, 2.24) is 0 Å². The van der Waals surface area contributed by atoms with E-state index >= 15 is 0 Å². The lowest BCUT2D eigenvalue weighted by molar-refractivity contribution is -0.529. The molecule has 1 aromatic rings. The summed E-state index contributed by atoms with van der Waals surface area (Å²) in [4.78, 5) is 22.5. The molecule has 0 aromatic heterocycles. The molecule has 0 heterocycles. The number of rotatable bonds is 2. The predicted octanol–water partition coefficient (Wildman–Crippen LogP) is 2.55. The Morgan fingerprint density at radius 2 is 1.94 bits per heavy atom. The molecule has 0 unspecified atom stereocenters. The molecule has 5 heteroatoms. The number of nitro groups is 1. The molecule has 1 fully saturated rings. The summed E-state index contributed by atoms with van der Waals surface area (Å²) in [5.74, 6) is -1.05. The summed E-state index contributed by atoms with van der Waals surface area (Å²) in [7, 11) is 0. The third-order valence-corrected chi connectivity index (χ3v) is 3.60. The number of Topliss-reactive ketones (excluding diaryl/α,β-unsaturated/α-hetero) is 1. The van der Waals surface area contributed by atoms with Gasteiger partial charge >= 0.3 is 0 Å². The number of halogens is 1. The van der Waals surface area contributed by atoms with E-state index in [4.69, 9.17) is 0 Å². The molecule has 0 bridgehead atoms. The molecular formula is C13H14FNO3. The Hall–Kier alpha value is -1.78. The lowest BCUT2D eigenvalue weighted by Gasteiger charge is -2.28. The van der Waals surface area contributed by atoms with Gasteiger partial charge in [-0.2, -0.15) is 0 Å². The Bertz CT molecular complexity index is 472. The molecular weight excluding hydrogens is 237 g/mol. The van der Waals surface area contributed by atoms with Crippen LogP contribution in [0, 0.1) is 21.8 Å². The maximum absolute atomic E-state index is 12.8. The van der Waals surface area contributed by atoms with Crippen molar-refractivity contribution in [2.45, 2.75) is 31.7 Å². The first-order valence-electron chi connectivity index (χ1n) is 5.90. The summed E-state index contributed by atoms with van der Waals surface area (Å²) in [6, 6.07) is 4.84. The first-order chi connectivity index (χ1) is 8.49. The van der Waals surface area contributed by atoms with Crippen LogP contribution in [0.5, 0.6) is 0 Å². The van der Waals surface area contributed by atoms with Crippen molar-refractivity contribution in [2.24, 2.45) is 5.92 Å². The third kappa shape index (κ3) is 2.39. The lowest BCUT2D eigenvalue weighted by atomic mass is 9.75. The van der Waals surface area contributed by atoms with Gasteiger partial charge in [0.2, 0.25) is 6.04 Å². The third-order valence-electron chi connectivity index (χ3n) is 3.60. The molecule has 4 nitrogen and oxygen atoms in total. The van der Waals surface area contributed by atoms with Crippen LogP contribution in [0.4, 0.5) is 4.39 Å². The molecule has 0 spiro atoms. The minimum Gasteiger partial charge on any atom is -0.299 e. The minimum absolute atomic E-state index is 0.0439. The van der Waals surface area contributed by atoms with Crippen LogP contribution < -0.4 is 0 Å². The lowest BCUT2D eigenvalue weighted by Crippen LogP contribution is -2.38. The quantitative estimate of drug-likeness (QED) is 0.599. The molecule has 3 atom stereocenters. The van der Waals surface area contributed by atoms with Crippen molar-refractivity contribution in [1.29, 1.82) is 0 Å². The van der Waals surface area contributed by atoms with Crippen molar-refractivity contribution in [3.8, 4) is 0 Å². The number of carbonyl (C=O) groups is 1. The SMILES string of the molecule is C[C@@H]1C[C@H]([N+](=O)[O-])[C@@H](c2ccc(F)cc2)CC1=O. The van der Waals surface area contributed by atoms with Crippen molar-refractivity contribution < 1.29 is 14.1 Å². The number of nitrogens with zero attached hydrogens (tertiary/aromatic N) is 1. The van der Waals surface area contributed by atoms with E-state index in [1.54, 1.807) is 6.92 Å². The molecule has 96 valence electrons. The first-order valence-corrected chi connectivity index (χ1v) is 5.90. The molecule has 1 aliphatic rings. The zero-order valence-corrected chi connectivity index (χ0v) is 10.0. The number of ketones is 1. The van der Waals surface area contributed by atoms with Gasteiger partial charge in [0.05, 0.1) is 5.92 Å². The van der Waals surface area contributed by atoms with Gasteiger partial charge in [-0.1, -0.05) is 19.1 Å². The van der Waals surface area contributed by atoms with Gasteiger partial charge < -0.3 is 0 Å². The smallest absolute Gasteiger partial charge is 0.221 e. The fourth-order valence-electron chi connectivity index (χ4n) is 2.49. The zero-order chi connectivity index (χ0) is 13.3. The zero-order valence-electron chi connectivity index (χ0n) is 10.0. The van der Waals surface area contributed by atoms with Crippen LogP contribution in [-0.2, 0) is 4.79 Å². The Kier molecular flexibility index (Phi) is 3.41. The van der Waals surface area contributed by atoms with E-state index in [1.165, 1.54) is 24.3 Å². The standard InChI is InChI=1S/C13H14FNO3/c1-8-6-12(15(17)18)11(7-13(8)16)9-2-4-10(14)5-3-9/h2-5,8,11-12H,6-7H2,1H3/t8-,11-,12+/m1/s1. The summed E-state index contributed by atoms with van der Waals surface area (Å²) in [5, 5.41) is 11.1. The van der Waals surface area contributed by atoms with Crippen LogP contribution in [0.3, 0.4) is 0 Å². The van der Waals surface area contributed by atoms with Crippen LogP contribution in [0.15, 0.2) is 24.3 Å². The molecule has 18 heavy (non-hydrogen) atoms. The topological polar surface area (TPSA) is 60.2 Å². The van der Waals surface area contributed by atoms with E-state index in [0.29, 0.717) is 5.56 Å². The Morgan fingerprint density at radius 1 is 1.33 bits per heavy atom. The molecule has 0 saturated heterocycles. The van der Waals surface area contributed by atoms with E-state index in [-0.39, 0.29) is 35.3 Å². The van der Waals surface area contributed by atoms with Crippen molar-refractivity contribution in [3.63, 3.8) is 0 Å². The fraction of sp³-hybridized carbons (Fsp3) is 0.462. The highest BCUT2D eigenvalue weighted by Crippen LogP contribution is 2.35. The summed E-state index contributed by atoms with van der Waals surface area (Å²) < 4.78 is 12.8. The van der Waals surface area contributed by atoms with Crippen molar-refractivity contribution in [2.75, 3.05) is 0 Å². The summed E-state index contributed by atoms with van der Waals surface area (Å²) in [5.41, 5.74) is 0.665. The molecule has 1 aliphatic carbocycles. The van der Waals surface area contributed by atoms with E-state index in [9.17, 15) is 19.3 Å². The summed E-state index contributed by atoms with van der Waals surface area (Å²) in [6.07, 6.45) is 0.423. The monoisotopic (exact) mass is 251 g/mol. The van der Waals surface area contributed by atoms with E-state index in [1.807, 2.05) is 0 Å². The number of benzene rings is 1. The van der Waals surface area contributed by atoms with Gasteiger partial charge in [-0.3, -0.25) is 14.9 Å². The molecule has 0 amide bonds. The molecule has 2 rings (SSSR count). The van der Waals surface area contributed by atoms with Crippen LogP contribution >= 0.6 is 0 Å². The molecule has 0 aliphatic heterocycles. The molecule has 0 N–H and O–H groups in total. The van der Waals surface area contributed by atoms with Crippen LogP contribution in [0.1, 0.15) is 31.2 Å². The van der Waals surface area contributed by atoms with Crippen molar-refractivity contribution >= 4 is 5.78 Å². The average molecular weight is 251 g/mol. The molecule has 1 saturated carbocycles. The minimum atomic E-state index is -0.761. The highest BCUT2D eigenvalue weighted by atomic mass is 19.1. The second-order valence-corrected chi connectivity index (χ2v) is 4.82.